The Morgan fingerprint density at radius 2 is 1.76 bits per heavy atom. The number of benzene rings is 2. The van der Waals surface area contributed by atoms with Gasteiger partial charge in [0.2, 0.25) is 5.16 Å². The van der Waals surface area contributed by atoms with Gasteiger partial charge in [-0.3, -0.25) is 14.8 Å². The van der Waals surface area contributed by atoms with Gasteiger partial charge in [0.05, 0.1) is 13.2 Å². The lowest BCUT2D eigenvalue weighted by atomic mass is 10.1. The molecular formula is C26H30N6O4S. The normalized spacial score (nSPS) is 16.9. The fourth-order valence-electron chi connectivity index (χ4n) is 4.31. The molecular weight excluding hydrogens is 492 g/mol. The van der Waals surface area contributed by atoms with Gasteiger partial charge in [0.15, 0.2) is 0 Å². The number of H-pyrrole nitrogens is 1. The molecule has 37 heavy (non-hydrogen) atoms. The van der Waals surface area contributed by atoms with E-state index in [9.17, 15) is 9.59 Å². The van der Waals surface area contributed by atoms with Crippen LogP contribution in [0.4, 0.5) is 10.5 Å². The summed E-state index contributed by atoms with van der Waals surface area (Å²) in [5.41, 5.74) is 2.39. The van der Waals surface area contributed by atoms with Gasteiger partial charge in [-0.1, -0.05) is 23.9 Å². The molecule has 2 amide bonds. The van der Waals surface area contributed by atoms with E-state index in [-0.39, 0.29) is 12.0 Å². The average molecular weight is 523 g/mol. The number of piperidine rings is 1. The number of carbonyl (C=O) groups is 2. The highest BCUT2D eigenvalue weighted by molar-refractivity contribution is 7.99. The summed E-state index contributed by atoms with van der Waals surface area (Å²) < 4.78 is 10.9. The number of ether oxygens (including phenoxy) is 2. The molecule has 0 saturated carbocycles. The summed E-state index contributed by atoms with van der Waals surface area (Å²) in [6.07, 6.45) is 2.91. The van der Waals surface area contributed by atoms with Crippen LogP contribution < -0.4 is 10.1 Å². The lowest BCUT2D eigenvalue weighted by molar-refractivity contribution is 0.0342. The number of aromatic nitrogens is 3. The SMILES string of the molecule is O=C(Nc1ccc(OC(=O)N2CCC(Sc3nc[nH]n3)CC2)cc1)c1ccc(CN2CCOCC2)cc1. The Balaban J connectivity index is 1.07. The van der Waals surface area contributed by atoms with Gasteiger partial charge in [-0.2, -0.15) is 0 Å². The van der Waals surface area contributed by atoms with Gasteiger partial charge in [0.25, 0.3) is 5.91 Å². The second kappa shape index (κ2) is 12.2. The molecule has 0 bridgehead atoms. The second-order valence-electron chi connectivity index (χ2n) is 9.02. The van der Waals surface area contributed by atoms with Crippen molar-refractivity contribution >= 4 is 29.4 Å². The molecule has 1 aromatic heterocycles. The van der Waals surface area contributed by atoms with Crippen LogP contribution in [0.3, 0.4) is 0 Å². The maximum Gasteiger partial charge on any atom is 0.415 e. The molecule has 11 heteroatoms. The number of thioether (sulfide) groups is 1. The fraction of sp³-hybridized carbons (Fsp3) is 0.385. The molecule has 2 aliphatic heterocycles. The van der Waals surface area contributed by atoms with Crippen LogP contribution in [0.1, 0.15) is 28.8 Å². The summed E-state index contributed by atoms with van der Waals surface area (Å²) in [6, 6.07) is 14.5. The van der Waals surface area contributed by atoms with Gasteiger partial charge in [-0.25, -0.2) is 9.78 Å². The van der Waals surface area contributed by atoms with Gasteiger partial charge in [0, 0.05) is 49.2 Å². The largest absolute Gasteiger partial charge is 0.415 e. The van der Waals surface area contributed by atoms with Crippen molar-refractivity contribution in [3.63, 3.8) is 0 Å². The Labute approximate surface area is 219 Å². The quantitative estimate of drug-likeness (QED) is 0.484. The molecule has 0 radical (unpaired) electrons. The molecule has 0 spiro atoms. The summed E-state index contributed by atoms with van der Waals surface area (Å²) in [7, 11) is 0. The Bertz CT molecular complexity index is 1160. The molecule has 10 nitrogen and oxygen atoms in total. The van der Waals surface area contributed by atoms with Crippen LogP contribution in [0, 0.1) is 0 Å². The zero-order valence-electron chi connectivity index (χ0n) is 20.5. The van der Waals surface area contributed by atoms with Crippen molar-refractivity contribution in [1.82, 2.24) is 25.0 Å². The van der Waals surface area contributed by atoms with Gasteiger partial charge in [-0.15, -0.1) is 5.10 Å². The molecule has 194 valence electrons. The number of morpholine rings is 1. The predicted octanol–water partition coefficient (Wildman–Crippen LogP) is 3.64. The van der Waals surface area contributed by atoms with E-state index in [4.69, 9.17) is 9.47 Å². The summed E-state index contributed by atoms with van der Waals surface area (Å²) in [5, 5.41) is 10.8. The molecule has 2 N–H and O–H groups in total. The Morgan fingerprint density at radius 3 is 2.43 bits per heavy atom. The monoisotopic (exact) mass is 522 g/mol. The summed E-state index contributed by atoms with van der Waals surface area (Å²) in [6.45, 7) is 5.49. The van der Waals surface area contributed by atoms with Crippen LogP contribution in [0.5, 0.6) is 5.75 Å². The summed E-state index contributed by atoms with van der Waals surface area (Å²) in [4.78, 5) is 33.5. The van der Waals surface area contributed by atoms with E-state index >= 15 is 0 Å². The smallest absolute Gasteiger partial charge is 0.410 e. The number of likely N-dealkylation sites (tertiary alicyclic amines) is 1. The Hall–Kier alpha value is -3.41. The first kappa shape index (κ1) is 25.2. The molecule has 0 unspecified atom stereocenters. The van der Waals surface area contributed by atoms with Crippen molar-refractivity contribution in [1.29, 1.82) is 0 Å². The van der Waals surface area contributed by atoms with Crippen molar-refractivity contribution in [2.75, 3.05) is 44.7 Å². The van der Waals surface area contributed by atoms with Crippen LogP contribution in [0.25, 0.3) is 0 Å². The second-order valence-corrected chi connectivity index (χ2v) is 10.3. The minimum atomic E-state index is -0.365. The number of hydrogen-bond donors (Lipinski definition) is 2. The average Bonchev–Trinajstić information content (AvgIpc) is 3.44. The van der Waals surface area contributed by atoms with Crippen molar-refractivity contribution in [2.45, 2.75) is 29.8 Å². The van der Waals surface area contributed by atoms with E-state index < -0.39 is 0 Å². The molecule has 2 fully saturated rings. The molecule has 3 heterocycles. The lowest BCUT2D eigenvalue weighted by Gasteiger charge is -2.30. The number of aromatic amines is 1. The first-order valence-corrected chi connectivity index (χ1v) is 13.3. The molecule has 2 aliphatic rings. The maximum atomic E-state index is 12.7. The first-order valence-electron chi connectivity index (χ1n) is 12.4. The highest BCUT2D eigenvalue weighted by atomic mass is 32.2. The van der Waals surface area contributed by atoms with Crippen molar-refractivity contribution < 1.29 is 19.1 Å². The zero-order chi connectivity index (χ0) is 25.5. The fourth-order valence-corrected chi connectivity index (χ4v) is 5.28. The van der Waals surface area contributed by atoms with Gasteiger partial charge < -0.3 is 19.7 Å². The molecule has 5 rings (SSSR count). The number of carbonyl (C=O) groups excluding carboxylic acids is 2. The minimum absolute atomic E-state index is 0.187. The van der Waals surface area contributed by atoms with E-state index in [2.05, 4.69) is 25.4 Å². The molecule has 2 aromatic carbocycles. The van der Waals surface area contributed by atoms with Crippen LogP contribution in [-0.2, 0) is 11.3 Å². The van der Waals surface area contributed by atoms with Gasteiger partial charge in [0.1, 0.15) is 12.1 Å². The minimum Gasteiger partial charge on any atom is -0.410 e. The van der Waals surface area contributed by atoms with Gasteiger partial charge >= 0.3 is 6.09 Å². The third-order valence-corrected chi connectivity index (χ3v) is 7.62. The summed E-state index contributed by atoms with van der Waals surface area (Å²) >= 11 is 1.63. The van der Waals surface area contributed by atoms with E-state index in [1.165, 1.54) is 5.56 Å². The highest BCUT2D eigenvalue weighted by Gasteiger charge is 2.25. The lowest BCUT2D eigenvalue weighted by Crippen LogP contribution is -2.40. The van der Waals surface area contributed by atoms with Crippen molar-refractivity contribution in [2.24, 2.45) is 0 Å². The predicted molar refractivity (Wildman–Crippen MR) is 140 cm³/mol. The van der Waals surface area contributed by atoms with Crippen LogP contribution in [0.2, 0.25) is 0 Å². The standard InChI is InChI=1S/C26H30N6O4S/c33-24(20-3-1-19(2-4-20)17-31-13-15-35-16-14-31)29-21-5-7-22(8-6-21)36-26(34)32-11-9-23(10-12-32)37-25-27-18-28-30-25/h1-8,18,23H,9-17H2,(H,29,33)(H,27,28,30). The van der Waals surface area contributed by atoms with E-state index in [0.717, 1.165) is 50.8 Å². The van der Waals surface area contributed by atoms with Crippen LogP contribution >= 0.6 is 11.8 Å². The number of rotatable bonds is 7. The van der Waals surface area contributed by atoms with E-state index in [0.29, 0.717) is 35.3 Å². The van der Waals surface area contributed by atoms with Crippen molar-refractivity contribution in [3.8, 4) is 5.75 Å². The molecule has 2 saturated heterocycles. The number of amides is 2. The zero-order valence-corrected chi connectivity index (χ0v) is 21.3. The van der Waals surface area contributed by atoms with E-state index in [1.807, 2.05) is 24.3 Å². The van der Waals surface area contributed by atoms with Crippen LogP contribution in [0.15, 0.2) is 60.0 Å². The third kappa shape index (κ3) is 7.09. The van der Waals surface area contributed by atoms with Crippen molar-refractivity contribution in [3.05, 3.63) is 66.0 Å². The molecule has 0 atom stereocenters. The highest BCUT2D eigenvalue weighted by Crippen LogP contribution is 2.28. The maximum absolute atomic E-state index is 12.7. The molecule has 3 aromatic rings. The van der Waals surface area contributed by atoms with Crippen LogP contribution in [-0.4, -0.2) is 81.6 Å². The third-order valence-electron chi connectivity index (χ3n) is 6.41. The first-order chi connectivity index (χ1) is 18.1. The molecule has 0 aliphatic carbocycles. The number of anilines is 1. The topological polar surface area (TPSA) is 113 Å². The number of nitrogens with one attached hydrogen (secondary N) is 2. The number of nitrogens with zero attached hydrogens (tertiary/aromatic N) is 4. The summed E-state index contributed by atoms with van der Waals surface area (Å²) in [5.74, 6) is 0.251. The Kier molecular flexibility index (Phi) is 8.34. The Morgan fingerprint density at radius 1 is 1.03 bits per heavy atom. The number of hydrogen-bond acceptors (Lipinski definition) is 8. The van der Waals surface area contributed by atoms with E-state index in [1.54, 1.807) is 47.3 Å². The van der Waals surface area contributed by atoms with Gasteiger partial charge in [-0.05, 0) is 54.8 Å².